The van der Waals surface area contributed by atoms with Crippen LogP contribution in [0.25, 0.3) is 22.3 Å². The van der Waals surface area contributed by atoms with Crippen LogP contribution in [0.4, 0.5) is 16.2 Å². The Balaban J connectivity index is 0.820. The van der Waals surface area contributed by atoms with Gasteiger partial charge in [0.15, 0.2) is 0 Å². The monoisotopic (exact) mass is 662 g/mol. The largest absolute Gasteiger partial charge is 0.372 e. The minimum atomic E-state index is -0.352. The van der Waals surface area contributed by atoms with Crippen molar-refractivity contribution >= 4 is 40.1 Å². The van der Waals surface area contributed by atoms with Crippen LogP contribution in [0.5, 0.6) is 0 Å². The van der Waals surface area contributed by atoms with Crippen LogP contribution in [0.3, 0.4) is 0 Å². The Bertz CT molecular complexity index is 1880. The van der Waals surface area contributed by atoms with E-state index >= 15 is 0 Å². The highest BCUT2D eigenvalue weighted by atomic mass is 16.2. The molecule has 0 atom stereocenters. The van der Waals surface area contributed by atoms with E-state index in [0.29, 0.717) is 24.3 Å². The number of anilines is 2. The van der Waals surface area contributed by atoms with Crippen molar-refractivity contribution in [3.8, 4) is 11.4 Å². The molecule has 3 aliphatic heterocycles. The number of amides is 4. The van der Waals surface area contributed by atoms with E-state index in [4.69, 9.17) is 0 Å². The lowest BCUT2D eigenvalue weighted by atomic mass is 9.76. The second-order valence-corrected chi connectivity index (χ2v) is 15.1. The lowest BCUT2D eigenvalue weighted by Gasteiger charge is -2.39. The number of benzene rings is 2. The zero-order chi connectivity index (χ0) is 33.7. The van der Waals surface area contributed by atoms with E-state index in [2.05, 4.69) is 62.3 Å². The number of hydrogen-bond acceptors (Lipinski definition) is 6. The van der Waals surface area contributed by atoms with Gasteiger partial charge in [-0.15, -0.1) is 0 Å². The first-order chi connectivity index (χ1) is 23.7. The highest BCUT2D eigenvalue weighted by Crippen LogP contribution is 2.38. The molecular formula is C38H46N8O3. The molecule has 5 heterocycles. The SMILES string of the molecule is CC1(C)CCc2c(-c3cc4cc(C(=O)N5CCN(CC6CCN(c7ccc(N8CCC(=O)NC8=O)cc7)CC6)CC5)ccc4[nH]3)n[nH]c2C1. The lowest BCUT2D eigenvalue weighted by molar-refractivity contribution is -0.120. The highest BCUT2D eigenvalue weighted by Gasteiger charge is 2.30. The third-order valence-electron chi connectivity index (χ3n) is 11.2. The van der Waals surface area contributed by atoms with Gasteiger partial charge in [0.25, 0.3) is 5.91 Å². The van der Waals surface area contributed by atoms with Gasteiger partial charge in [0.05, 0.1) is 5.69 Å². The number of rotatable bonds is 6. The maximum atomic E-state index is 13.6. The summed E-state index contributed by atoms with van der Waals surface area (Å²) >= 11 is 0. The van der Waals surface area contributed by atoms with Crippen molar-refractivity contribution in [2.75, 3.05) is 62.2 Å². The predicted molar refractivity (Wildman–Crippen MR) is 191 cm³/mol. The van der Waals surface area contributed by atoms with Gasteiger partial charge in [-0.2, -0.15) is 5.10 Å². The number of aromatic nitrogens is 3. The average Bonchev–Trinajstić information content (AvgIpc) is 3.71. The number of hydrogen-bond donors (Lipinski definition) is 3. The first-order valence-electron chi connectivity index (χ1n) is 17.9. The van der Waals surface area contributed by atoms with Gasteiger partial charge < -0.3 is 14.8 Å². The van der Waals surface area contributed by atoms with Crippen molar-refractivity contribution < 1.29 is 14.4 Å². The van der Waals surface area contributed by atoms with E-state index in [1.807, 2.05) is 35.2 Å². The fourth-order valence-corrected chi connectivity index (χ4v) is 8.17. The van der Waals surface area contributed by atoms with E-state index in [-0.39, 0.29) is 17.8 Å². The molecule has 3 N–H and O–H groups in total. The summed E-state index contributed by atoms with van der Waals surface area (Å²) in [6, 6.07) is 15.9. The number of H-pyrrole nitrogens is 2. The zero-order valence-electron chi connectivity index (χ0n) is 28.6. The molecule has 3 fully saturated rings. The van der Waals surface area contributed by atoms with Crippen LogP contribution in [-0.4, -0.2) is 95.2 Å². The normalized spacial score (nSPS) is 20.5. The molecule has 4 aromatic rings. The van der Waals surface area contributed by atoms with Gasteiger partial charge in [-0.25, -0.2) is 4.79 Å². The Morgan fingerprint density at radius 1 is 0.898 bits per heavy atom. The van der Waals surface area contributed by atoms with Gasteiger partial charge >= 0.3 is 6.03 Å². The van der Waals surface area contributed by atoms with Crippen LogP contribution in [0.1, 0.15) is 61.1 Å². The van der Waals surface area contributed by atoms with Crippen LogP contribution >= 0.6 is 0 Å². The predicted octanol–water partition coefficient (Wildman–Crippen LogP) is 5.19. The molecule has 2 aromatic heterocycles. The summed E-state index contributed by atoms with van der Waals surface area (Å²) in [5.41, 5.74) is 8.64. The Hall–Kier alpha value is -4.64. The van der Waals surface area contributed by atoms with Crippen LogP contribution in [0.15, 0.2) is 48.5 Å². The number of fused-ring (bicyclic) bond motifs is 2. The number of imide groups is 1. The number of piperazine rings is 1. The van der Waals surface area contributed by atoms with E-state index in [0.717, 1.165) is 111 Å². The van der Waals surface area contributed by atoms with Crippen molar-refractivity contribution in [1.82, 2.24) is 30.3 Å². The van der Waals surface area contributed by atoms with E-state index in [1.54, 1.807) is 4.90 Å². The molecule has 4 aliphatic rings. The van der Waals surface area contributed by atoms with Crippen LogP contribution < -0.4 is 15.1 Å². The molecule has 0 unspecified atom stereocenters. The molecule has 4 amide bonds. The number of piperidine rings is 1. The van der Waals surface area contributed by atoms with Crippen molar-refractivity contribution in [2.24, 2.45) is 11.3 Å². The molecule has 8 rings (SSSR count). The van der Waals surface area contributed by atoms with Gasteiger partial charge in [-0.1, -0.05) is 13.8 Å². The quantitative estimate of drug-likeness (QED) is 0.261. The number of nitrogens with zero attached hydrogens (tertiary/aromatic N) is 5. The third kappa shape index (κ3) is 6.44. The minimum absolute atomic E-state index is 0.109. The molecule has 0 spiro atoms. The Morgan fingerprint density at radius 3 is 2.41 bits per heavy atom. The summed E-state index contributed by atoms with van der Waals surface area (Å²) in [4.78, 5) is 49.4. The molecule has 49 heavy (non-hydrogen) atoms. The summed E-state index contributed by atoms with van der Waals surface area (Å²) in [5.74, 6) is 0.533. The third-order valence-corrected chi connectivity index (χ3v) is 11.2. The Labute approximate surface area is 287 Å². The smallest absolute Gasteiger partial charge is 0.328 e. The molecule has 3 saturated heterocycles. The van der Waals surface area contributed by atoms with Gasteiger partial charge in [0.1, 0.15) is 5.69 Å². The summed E-state index contributed by atoms with van der Waals surface area (Å²) in [6.07, 6.45) is 5.80. The Morgan fingerprint density at radius 2 is 1.65 bits per heavy atom. The molecule has 0 bridgehead atoms. The van der Waals surface area contributed by atoms with Gasteiger partial charge in [-0.3, -0.25) is 29.8 Å². The van der Waals surface area contributed by atoms with Crippen LogP contribution in [-0.2, 0) is 17.6 Å². The topological polar surface area (TPSA) is 121 Å². The molecule has 0 saturated carbocycles. The number of carbonyl (C=O) groups excluding carboxylic acids is 3. The maximum absolute atomic E-state index is 13.6. The first kappa shape index (κ1) is 31.6. The molecule has 11 nitrogen and oxygen atoms in total. The summed E-state index contributed by atoms with van der Waals surface area (Å²) < 4.78 is 0. The average molecular weight is 663 g/mol. The summed E-state index contributed by atoms with van der Waals surface area (Å²) in [6.45, 7) is 11.4. The molecule has 0 radical (unpaired) electrons. The van der Waals surface area contributed by atoms with Crippen molar-refractivity contribution in [1.29, 1.82) is 0 Å². The molecule has 2 aromatic carbocycles. The standard InChI is InChI=1S/C38H46N8O3/c1-38(2)13-9-30-33(23-38)41-42-35(30)32-22-27-21-26(3-8-31(27)39-32)36(48)45-19-17-43(18-20-45)24-25-10-14-44(15-11-25)28-4-6-29(7-5-28)46-16-12-34(47)40-37(46)49/h3-8,21-22,25,39H,9-20,23-24H2,1-2H3,(H,41,42)(H,40,47,49). The molecule has 11 heteroatoms. The first-order valence-corrected chi connectivity index (χ1v) is 17.9. The number of nitrogens with one attached hydrogen (secondary N) is 3. The van der Waals surface area contributed by atoms with Crippen molar-refractivity contribution in [3.05, 3.63) is 65.4 Å². The van der Waals surface area contributed by atoms with Crippen LogP contribution in [0.2, 0.25) is 0 Å². The second kappa shape index (κ2) is 12.7. The minimum Gasteiger partial charge on any atom is -0.372 e. The fraction of sp³-hybridized carbons (Fsp3) is 0.474. The number of aromatic amines is 2. The van der Waals surface area contributed by atoms with E-state index < -0.39 is 0 Å². The van der Waals surface area contributed by atoms with Crippen molar-refractivity contribution in [2.45, 2.75) is 52.4 Å². The van der Waals surface area contributed by atoms with Gasteiger partial charge in [0.2, 0.25) is 5.91 Å². The summed E-state index contributed by atoms with van der Waals surface area (Å²) in [5, 5.41) is 11.4. The molecular weight excluding hydrogens is 616 g/mol. The molecule has 1 aliphatic carbocycles. The van der Waals surface area contributed by atoms with E-state index in [9.17, 15) is 14.4 Å². The number of urea groups is 1. The fourth-order valence-electron chi connectivity index (χ4n) is 8.17. The van der Waals surface area contributed by atoms with Gasteiger partial charge in [0, 0.05) is 97.9 Å². The maximum Gasteiger partial charge on any atom is 0.328 e. The zero-order valence-corrected chi connectivity index (χ0v) is 28.6. The molecule has 256 valence electrons. The second-order valence-electron chi connectivity index (χ2n) is 15.1. The van der Waals surface area contributed by atoms with E-state index in [1.165, 1.54) is 16.9 Å². The highest BCUT2D eigenvalue weighted by molar-refractivity contribution is 6.05. The van der Waals surface area contributed by atoms with Crippen molar-refractivity contribution in [3.63, 3.8) is 0 Å². The summed E-state index contributed by atoms with van der Waals surface area (Å²) in [7, 11) is 0. The van der Waals surface area contributed by atoms with Crippen LogP contribution in [0, 0.1) is 11.3 Å². The van der Waals surface area contributed by atoms with Gasteiger partial charge in [-0.05, 0) is 92.0 Å². The Kier molecular flexibility index (Phi) is 8.18. The lowest BCUT2D eigenvalue weighted by Crippen LogP contribution is -2.50. The number of carbonyl (C=O) groups is 3.